The molecule has 0 bridgehead atoms. The Bertz CT molecular complexity index is 1730. The number of benzene rings is 4. The van der Waals surface area contributed by atoms with Gasteiger partial charge in [0.2, 0.25) is 0 Å². The average Bonchev–Trinajstić information content (AvgIpc) is 3.03. The fourth-order valence-corrected chi connectivity index (χ4v) is 5.18. The molecule has 41 heavy (non-hydrogen) atoms. The molecule has 0 fully saturated rings. The average molecular weight is 534 g/mol. The Labute approximate surface area is 241 Å². The number of para-hydroxylation sites is 1. The summed E-state index contributed by atoms with van der Waals surface area (Å²) in [5.41, 5.74) is 7.23. The molecule has 0 amide bonds. The minimum atomic E-state index is -0.245. The first kappa shape index (κ1) is 26.0. The van der Waals surface area contributed by atoms with Crippen molar-refractivity contribution in [1.82, 2.24) is 9.97 Å². The van der Waals surface area contributed by atoms with Gasteiger partial charge in [0.25, 0.3) is 0 Å². The highest BCUT2D eigenvalue weighted by molar-refractivity contribution is 5.78. The number of phenolic OH excluding ortho intramolecular Hbond substituents is 1. The SMILES string of the molecule is CC(C)(c1ccccc1)c1ccc(-c2cccc(-c3cccc(N(c4ccccc4)c4ccccn4)c3)n2)c(O)c1. The van der Waals surface area contributed by atoms with Crippen LogP contribution in [0.25, 0.3) is 22.5 Å². The summed E-state index contributed by atoms with van der Waals surface area (Å²) in [7, 11) is 0. The Morgan fingerprint density at radius 1 is 0.585 bits per heavy atom. The highest BCUT2D eigenvalue weighted by atomic mass is 16.3. The number of aromatic hydroxyl groups is 1. The number of hydrogen-bond donors (Lipinski definition) is 1. The lowest BCUT2D eigenvalue weighted by molar-refractivity contribution is 0.474. The van der Waals surface area contributed by atoms with Crippen LogP contribution in [0.5, 0.6) is 5.75 Å². The summed E-state index contributed by atoms with van der Waals surface area (Å²) >= 11 is 0. The Balaban J connectivity index is 1.35. The summed E-state index contributed by atoms with van der Waals surface area (Å²) in [5, 5.41) is 11.1. The third-order valence-electron chi connectivity index (χ3n) is 7.53. The molecule has 6 rings (SSSR count). The van der Waals surface area contributed by atoms with Gasteiger partial charge in [-0.3, -0.25) is 4.90 Å². The van der Waals surface area contributed by atoms with Crippen molar-refractivity contribution in [2.24, 2.45) is 0 Å². The lowest BCUT2D eigenvalue weighted by Crippen LogP contribution is -2.18. The van der Waals surface area contributed by atoms with Crippen LogP contribution in [0.15, 0.2) is 146 Å². The van der Waals surface area contributed by atoms with Crippen LogP contribution >= 0.6 is 0 Å². The minimum absolute atomic E-state index is 0.218. The molecule has 6 aromatic rings. The van der Waals surface area contributed by atoms with Crippen molar-refractivity contribution < 1.29 is 5.11 Å². The van der Waals surface area contributed by atoms with Crippen molar-refractivity contribution in [2.75, 3.05) is 4.90 Å². The van der Waals surface area contributed by atoms with Crippen LogP contribution in [0.2, 0.25) is 0 Å². The van der Waals surface area contributed by atoms with Crippen LogP contribution in [0.3, 0.4) is 0 Å². The molecule has 0 aliphatic carbocycles. The van der Waals surface area contributed by atoms with E-state index in [1.165, 1.54) is 5.56 Å². The van der Waals surface area contributed by atoms with E-state index in [1.807, 2.05) is 91.0 Å². The molecule has 0 saturated heterocycles. The van der Waals surface area contributed by atoms with Crippen LogP contribution in [0.4, 0.5) is 17.2 Å². The van der Waals surface area contributed by atoms with Crippen molar-refractivity contribution >= 4 is 17.2 Å². The molecule has 0 aliphatic rings. The molecule has 0 saturated carbocycles. The van der Waals surface area contributed by atoms with E-state index in [1.54, 1.807) is 6.20 Å². The van der Waals surface area contributed by atoms with Crippen LogP contribution in [-0.2, 0) is 5.41 Å². The maximum Gasteiger partial charge on any atom is 0.137 e. The van der Waals surface area contributed by atoms with E-state index in [0.717, 1.165) is 39.7 Å². The standard InChI is InChI=1S/C37H31N3O/c1-37(2,28-14-5-3-6-15-28)29-22-23-32(35(41)26-29)34-20-12-19-33(39-34)27-13-11-18-31(25-27)40(30-16-7-4-8-17-30)36-21-9-10-24-38-36/h3-26,41H,1-2H3. The zero-order chi connectivity index (χ0) is 28.2. The molecule has 0 unspecified atom stereocenters. The van der Waals surface area contributed by atoms with Gasteiger partial charge >= 0.3 is 0 Å². The molecule has 0 spiro atoms. The quantitative estimate of drug-likeness (QED) is 0.222. The maximum absolute atomic E-state index is 11.1. The fourth-order valence-electron chi connectivity index (χ4n) is 5.18. The fraction of sp³-hybridized carbons (Fsp3) is 0.0811. The number of anilines is 3. The van der Waals surface area contributed by atoms with Gasteiger partial charge in [-0.15, -0.1) is 0 Å². The highest BCUT2D eigenvalue weighted by Gasteiger charge is 2.24. The topological polar surface area (TPSA) is 49.2 Å². The molecular formula is C37H31N3O. The molecule has 2 aromatic heterocycles. The van der Waals surface area contributed by atoms with Crippen molar-refractivity contribution in [1.29, 1.82) is 0 Å². The van der Waals surface area contributed by atoms with Crippen molar-refractivity contribution in [3.8, 4) is 28.3 Å². The summed E-state index contributed by atoms with van der Waals surface area (Å²) < 4.78 is 0. The number of aromatic nitrogens is 2. The summed E-state index contributed by atoms with van der Waals surface area (Å²) in [6.07, 6.45) is 1.80. The van der Waals surface area contributed by atoms with Gasteiger partial charge in [0, 0.05) is 34.1 Å². The lowest BCUT2D eigenvalue weighted by atomic mass is 9.78. The maximum atomic E-state index is 11.1. The zero-order valence-corrected chi connectivity index (χ0v) is 23.1. The molecule has 0 radical (unpaired) electrons. The van der Waals surface area contributed by atoms with Gasteiger partial charge in [0.1, 0.15) is 11.6 Å². The molecule has 4 aromatic carbocycles. The van der Waals surface area contributed by atoms with Gasteiger partial charge in [-0.2, -0.15) is 0 Å². The molecule has 200 valence electrons. The molecule has 4 heteroatoms. The Hall–Kier alpha value is -5.22. The normalized spacial score (nSPS) is 11.3. The second-order valence-electron chi connectivity index (χ2n) is 10.5. The number of hydrogen-bond acceptors (Lipinski definition) is 4. The lowest BCUT2D eigenvalue weighted by Gasteiger charge is -2.26. The van der Waals surface area contributed by atoms with Gasteiger partial charge < -0.3 is 5.11 Å². The van der Waals surface area contributed by atoms with Crippen LogP contribution in [0.1, 0.15) is 25.0 Å². The van der Waals surface area contributed by atoms with Gasteiger partial charge in [-0.05, 0) is 71.8 Å². The van der Waals surface area contributed by atoms with Crippen LogP contribution in [0, 0.1) is 0 Å². The van der Waals surface area contributed by atoms with Crippen molar-refractivity contribution in [3.63, 3.8) is 0 Å². The van der Waals surface area contributed by atoms with Crippen molar-refractivity contribution in [3.05, 3.63) is 157 Å². The first-order valence-electron chi connectivity index (χ1n) is 13.7. The van der Waals surface area contributed by atoms with E-state index >= 15 is 0 Å². The van der Waals surface area contributed by atoms with Gasteiger partial charge in [0.15, 0.2) is 0 Å². The third kappa shape index (κ3) is 5.32. The van der Waals surface area contributed by atoms with Crippen LogP contribution in [-0.4, -0.2) is 15.1 Å². The van der Waals surface area contributed by atoms with E-state index in [-0.39, 0.29) is 11.2 Å². The summed E-state index contributed by atoms with van der Waals surface area (Å²) in [6, 6.07) is 46.6. The third-order valence-corrected chi connectivity index (χ3v) is 7.53. The second-order valence-corrected chi connectivity index (χ2v) is 10.5. The van der Waals surface area contributed by atoms with Crippen LogP contribution < -0.4 is 4.90 Å². The molecule has 0 aliphatic heterocycles. The predicted molar refractivity (Wildman–Crippen MR) is 168 cm³/mol. The first-order valence-corrected chi connectivity index (χ1v) is 13.7. The van der Waals surface area contributed by atoms with Crippen molar-refractivity contribution in [2.45, 2.75) is 19.3 Å². The predicted octanol–water partition coefficient (Wildman–Crippen LogP) is 9.31. The Kier molecular flexibility index (Phi) is 7.05. The zero-order valence-electron chi connectivity index (χ0n) is 23.1. The van der Waals surface area contributed by atoms with E-state index in [9.17, 15) is 5.11 Å². The number of pyridine rings is 2. The van der Waals surface area contributed by atoms with E-state index in [2.05, 4.69) is 72.3 Å². The summed E-state index contributed by atoms with van der Waals surface area (Å²) in [5.74, 6) is 1.05. The van der Waals surface area contributed by atoms with Gasteiger partial charge in [-0.1, -0.05) is 92.7 Å². The first-order chi connectivity index (χ1) is 20.0. The number of nitrogens with zero attached hydrogens (tertiary/aromatic N) is 3. The molecule has 0 atom stereocenters. The van der Waals surface area contributed by atoms with Gasteiger partial charge in [-0.25, -0.2) is 9.97 Å². The number of phenols is 1. The molecular weight excluding hydrogens is 502 g/mol. The molecule has 1 N–H and O–H groups in total. The molecule has 2 heterocycles. The monoisotopic (exact) mass is 533 g/mol. The van der Waals surface area contributed by atoms with Gasteiger partial charge in [0.05, 0.1) is 11.4 Å². The van der Waals surface area contributed by atoms with E-state index < -0.39 is 0 Å². The Morgan fingerprint density at radius 3 is 2.00 bits per heavy atom. The largest absolute Gasteiger partial charge is 0.507 e. The summed E-state index contributed by atoms with van der Waals surface area (Å²) in [4.78, 5) is 11.7. The smallest absolute Gasteiger partial charge is 0.137 e. The molecule has 4 nitrogen and oxygen atoms in total. The number of rotatable bonds is 7. The summed E-state index contributed by atoms with van der Waals surface area (Å²) in [6.45, 7) is 4.35. The Morgan fingerprint density at radius 2 is 1.27 bits per heavy atom. The second kappa shape index (κ2) is 11.1. The van der Waals surface area contributed by atoms with E-state index in [0.29, 0.717) is 5.56 Å². The highest BCUT2D eigenvalue weighted by Crippen LogP contribution is 2.38. The minimum Gasteiger partial charge on any atom is -0.507 e. The van der Waals surface area contributed by atoms with E-state index in [4.69, 9.17) is 4.98 Å².